The molecule has 2 aromatic heterocycles. The predicted molar refractivity (Wildman–Crippen MR) is 111 cm³/mol. The maximum Gasteiger partial charge on any atom is 0.271 e. The molecule has 0 bridgehead atoms. The number of nitrogens with zero attached hydrogens (tertiary/aromatic N) is 1. The van der Waals surface area contributed by atoms with Crippen molar-refractivity contribution in [2.75, 3.05) is 0 Å². The van der Waals surface area contributed by atoms with Crippen molar-refractivity contribution >= 4 is 34.5 Å². The summed E-state index contributed by atoms with van der Waals surface area (Å²) in [7, 11) is 0. The molecule has 1 aromatic carbocycles. The molecule has 0 saturated carbocycles. The van der Waals surface area contributed by atoms with Crippen molar-refractivity contribution in [1.29, 1.82) is 0 Å². The Morgan fingerprint density at radius 1 is 0.714 bits per heavy atom. The van der Waals surface area contributed by atoms with Crippen LogP contribution in [-0.4, -0.2) is 16.7 Å². The minimum atomic E-state index is -0.397. The van der Waals surface area contributed by atoms with E-state index in [0.29, 0.717) is 0 Å². The van der Waals surface area contributed by atoms with Crippen LogP contribution < -0.4 is 0 Å². The lowest BCUT2D eigenvalue weighted by atomic mass is 10.1. The van der Waals surface area contributed by atoms with Gasteiger partial charge in [-0.1, -0.05) is 54.0 Å². The Hall–Kier alpha value is -3.38. The van der Waals surface area contributed by atoms with E-state index in [1.165, 1.54) is 27.6 Å². The molecule has 0 spiro atoms. The van der Waals surface area contributed by atoms with E-state index in [-0.39, 0.29) is 17.7 Å². The Bertz CT molecular complexity index is 1090. The van der Waals surface area contributed by atoms with Gasteiger partial charge in [0.2, 0.25) is 0 Å². The molecule has 3 heterocycles. The first-order chi connectivity index (χ1) is 13.7. The van der Waals surface area contributed by atoms with Gasteiger partial charge in [-0.25, -0.2) is 0 Å². The third kappa shape index (κ3) is 3.82. The van der Waals surface area contributed by atoms with Gasteiger partial charge in [0.25, 0.3) is 11.8 Å². The van der Waals surface area contributed by atoms with Crippen LogP contribution in [0.3, 0.4) is 0 Å². The number of benzene rings is 1. The molecule has 5 heteroatoms. The Kier molecular flexibility index (Phi) is 5.21. The smallest absolute Gasteiger partial charge is 0.269 e. The Morgan fingerprint density at radius 2 is 1.25 bits per heavy atom. The second kappa shape index (κ2) is 8.10. The molecule has 4 rings (SSSR count). The normalized spacial score (nSPS) is 13.2. The van der Waals surface area contributed by atoms with Crippen molar-refractivity contribution in [3.05, 3.63) is 91.8 Å². The third-order valence-corrected chi connectivity index (χ3v) is 5.42. The third-order valence-electron chi connectivity index (χ3n) is 4.06. The molecule has 0 radical (unpaired) electrons. The highest BCUT2D eigenvalue weighted by Gasteiger charge is 2.37. The zero-order valence-corrected chi connectivity index (χ0v) is 16.3. The molecule has 0 unspecified atom stereocenters. The van der Waals surface area contributed by atoms with Gasteiger partial charge in [-0.15, -0.1) is 0 Å². The summed E-state index contributed by atoms with van der Waals surface area (Å²) in [6, 6.07) is 13.2. The van der Waals surface area contributed by atoms with E-state index < -0.39 is 11.8 Å². The van der Waals surface area contributed by atoms with Crippen molar-refractivity contribution in [2.45, 2.75) is 6.54 Å². The standard InChI is InChI=1S/C23H13NO2S2/c25-22-20(8-6-18-10-12-27-15-18)21(9-7-19-11-13-28-16-19)23(26)24(22)14-17-4-2-1-3-5-17/h1-5,10-13,15-16H,14H2. The average Bonchev–Trinajstić information content (AvgIpc) is 3.45. The number of rotatable bonds is 2. The van der Waals surface area contributed by atoms with Crippen molar-refractivity contribution in [3.63, 3.8) is 0 Å². The second-order valence-corrected chi connectivity index (χ2v) is 7.52. The Labute approximate surface area is 170 Å². The number of amides is 2. The van der Waals surface area contributed by atoms with Crippen LogP contribution in [0.1, 0.15) is 16.7 Å². The zero-order valence-electron chi connectivity index (χ0n) is 14.6. The molecule has 3 aromatic rings. The van der Waals surface area contributed by atoms with Crippen LogP contribution in [0.25, 0.3) is 0 Å². The van der Waals surface area contributed by atoms with Gasteiger partial charge in [-0.05, 0) is 28.5 Å². The largest absolute Gasteiger partial charge is 0.271 e. The van der Waals surface area contributed by atoms with Gasteiger partial charge in [-0.2, -0.15) is 22.7 Å². The van der Waals surface area contributed by atoms with E-state index in [0.717, 1.165) is 16.7 Å². The first kappa shape index (κ1) is 18.0. The van der Waals surface area contributed by atoms with Gasteiger partial charge in [0.1, 0.15) is 11.1 Å². The molecular weight excluding hydrogens is 386 g/mol. The van der Waals surface area contributed by atoms with E-state index >= 15 is 0 Å². The highest BCUT2D eigenvalue weighted by Crippen LogP contribution is 2.23. The Balaban J connectivity index is 1.71. The van der Waals surface area contributed by atoms with Crippen molar-refractivity contribution in [3.8, 4) is 23.7 Å². The minimum absolute atomic E-state index is 0.162. The molecular formula is C23H13NO2S2. The molecule has 2 amide bonds. The summed E-state index contributed by atoms with van der Waals surface area (Å²) >= 11 is 3.05. The summed E-state index contributed by atoms with van der Waals surface area (Å²) in [6.45, 7) is 0.200. The molecule has 1 aliphatic heterocycles. The monoisotopic (exact) mass is 399 g/mol. The summed E-state index contributed by atoms with van der Waals surface area (Å²) < 4.78 is 0. The van der Waals surface area contributed by atoms with Gasteiger partial charge >= 0.3 is 0 Å². The summed E-state index contributed by atoms with van der Waals surface area (Å²) in [6.07, 6.45) is 0. The van der Waals surface area contributed by atoms with Gasteiger partial charge in [0.15, 0.2) is 0 Å². The van der Waals surface area contributed by atoms with E-state index in [2.05, 4.69) is 23.7 Å². The summed E-state index contributed by atoms with van der Waals surface area (Å²) in [5.41, 5.74) is 2.82. The summed E-state index contributed by atoms with van der Waals surface area (Å²) in [4.78, 5) is 27.1. The first-order valence-electron chi connectivity index (χ1n) is 8.45. The molecule has 0 aliphatic carbocycles. The highest BCUT2D eigenvalue weighted by molar-refractivity contribution is 7.08. The maximum atomic E-state index is 12.9. The fraction of sp³-hybridized carbons (Fsp3) is 0.0435. The molecule has 1 aliphatic rings. The molecule has 3 nitrogen and oxygen atoms in total. The van der Waals surface area contributed by atoms with Crippen molar-refractivity contribution < 1.29 is 9.59 Å². The second-order valence-electron chi connectivity index (χ2n) is 5.96. The number of carbonyl (C=O) groups is 2. The molecule has 0 N–H and O–H groups in total. The van der Waals surface area contributed by atoms with Gasteiger partial charge < -0.3 is 0 Å². The number of thiophene rings is 2. The lowest BCUT2D eigenvalue weighted by Crippen LogP contribution is -2.31. The van der Waals surface area contributed by atoms with Crippen LogP contribution in [0, 0.1) is 23.7 Å². The topological polar surface area (TPSA) is 37.4 Å². The van der Waals surface area contributed by atoms with Crippen LogP contribution >= 0.6 is 22.7 Å². The van der Waals surface area contributed by atoms with Crippen LogP contribution in [0.5, 0.6) is 0 Å². The van der Waals surface area contributed by atoms with Crippen LogP contribution in [0.2, 0.25) is 0 Å². The van der Waals surface area contributed by atoms with E-state index in [9.17, 15) is 9.59 Å². The molecule has 0 saturated heterocycles. The zero-order chi connectivity index (χ0) is 19.3. The van der Waals surface area contributed by atoms with Crippen LogP contribution in [0.4, 0.5) is 0 Å². The summed E-state index contributed by atoms with van der Waals surface area (Å²) in [5, 5.41) is 7.62. The van der Waals surface area contributed by atoms with Gasteiger partial charge in [0.05, 0.1) is 6.54 Å². The quantitative estimate of drug-likeness (QED) is 0.481. The van der Waals surface area contributed by atoms with Crippen LogP contribution in [-0.2, 0) is 16.1 Å². The SMILES string of the molecule is O=C1C(C#Cc2ccsc2)=C(C#Cc2ccsc2)C(=O)N1Cc1ccccc1. The van der Waals surface area contributed by atoms with Gasteiger partial charge in [0, 0.05) is 21.9 Å². The van der Waals surface area contributed by atoms with Gasteiger partial charge in [-0.3, -0.25) is 14.5 Å². The maximum absolute atomic E-state index is 12.9. The van der Waals surface area contributed by atoms with Crippen molar-refractivity contribution in [1.82, 2.24) is 4.90 Å². The highest BCUT2D eigenvalue weighted by atomic mass is 32.1. The summed E-state index contributed by atoms with van der Waals surface area (Å²) in [5.74, 6) is 10.9. The number of hydrogen-bond acceptors (Lipinski definition) is 4. The van der Waals surface area contributed by atoms with E-state index in [1.54, 1.807) is 0 Å². The predicted octanol–water partition coefficient (Wildman–Crippen LogP) is 4.08. The number of hydrogen-bond donors (Lipinski definition) is 0. The molecule has 28 heavy (non-hydrogen) atoms. The van der Waals surface area contributed by atoms with Crippen LogP contribution in [0.15, 0.2) is 75.1 Å². The Morgan fingerprint density at radius 3 is 1.71 bits per heavy atom. The molecule has 134 valence electrons. The lowest BCUT2D eigenvalue weighted by molar-refractivity contribution is -0.137. The first-order valence-corrected chi connectivity index (χ1v) is 10.3. The van der Waals surface area contributed by atoms with Crippen molar-refractivity contribution in [2.24, 2.45) is 0 Å². The molecule has 0 atom stereocenters. The lowest BCUT2D eigenvalue weighted by Gasteiger charge is -2.14. The van der Waals surface area contributed by atoms with E-state index in [4.69, 9.17) is 0 Å². The average molecular weight is 399 g/mol. The fourth-order valence-corrected chi connectivity index (χ4v) is 3.83. The van der Waals surface area contributed by atoms with E-state index in [1.807, 2.05) is 64.0 Å². The molecule has 0 fully saturated rings. The minimum Gasteiger partial charge on any atom is -0.269 e. The fourth-order valence-electron chi connectivity index (χ4n) is 2.66. The number of carbonyl (C=O) groups excluding carboxylic acids is 2. The number of imide groups is 1.